The van der Waals surface area contributed by atoms with Crippen molar-refractivity contribution in [3.05, 3.63) is 35.1 Å². The molecule has 0 aromatic heterocycles. The number of hydrogen-bond donors (Lipinski definition) is 0. The summed E-state index contributed by atoms with van der Waals surface area (Å²) in [6, 6.07) is 4.59. The first-order valence-corrected chi connectivity index (χ1v) is 9.69. The van der Waals surface area contributed by atoms with E-state index in [9.17, 15) is 13.2 Å². The van der Waals surface area contributed by atoms with Gasteiger partial charge in [-0.05, 0) is 31.0 Å². The highest BCUT2D eigenvalue weighted by Gasteiger charge is 2.28. The van der Waals surface area contributed by atoms with Crippen LogP contribution in [0.1, 0.15) is 32.3 Å². The molecular formula is C15H23F3OSi. The lowest BCUT2D eigenvalue weighted by Gasteiger charge is -2.27. The van der Waals surface area contributed by atoms with Gasteiger partial charge in [-0.1, -0.05) is 20.3 Å². The molecular weight excluding hydrogens is 281 g/mol. The Balaban J connectivity index is 2.53. The summed E-state index contributed by atoms with van der Waals surface area (Å²) >= 11 is 0. The zero-order valence-electron chi connectivity index (χ0n) is 12.4. The van der Waals surface area contributed by atoms with Crippen LogP contribution in [0.2, 0.25) is 18.1 Å². The molecule has 1 nitrogen and oxygen atoms in total. The summed E-state index contributed by atoms with van der Waals surface area (Å²) in [6.45, 7) is 4.27. The monoisotopic (exact) mass is 304 g/mol. The first-order valence-electron chi connectivity index (χ1n) is 7.16. The molecule has 114 valence electrons. The molecule has 0 fully saturated rings. The van der Waals surface area contributed by atoms with E-state index in [1.165, 1.54) is 0 Å². The Morgan fingerprint density at radius 2 is 1.55 bits per heavy atom. The van der Waals surface area contributed by atoms with E-state index in [-0.39, 0.29) is 5.56 Å². The van der Waals surface area contributed by atoms with Crippen LogP contribution in [0.15, 0.2) is 12.1 Å². The molecule has 0 aliphatic carbocycles. The number of rotatable bonds is 8. The third-order valence-corrected chi connectivity index (χ3v) is 8.84. The lowest BCUT2D eigenvalue weighted by molar-refractivity contribution is 0.389. The van der Waals surface area contributed by atoms with E-state index >= 15 is 0 Å². The summed E-state index contributed by atoms with van der Waals surface area (Å²) in [5.41, 5.74) is -0.0101. The van der Waals surface area contributed by atoms with Gasteiger partial charge in [-0.15, -0.1) is 0 Å². The Morgan fingerprint density at radius 1 is 1.00 bits per heavy atom. The Kier molecular flexibility index (Phi) is 6.75. The van der Waals surface area contributed by atoms with E-state index in [1.54, 1.807) is 7.11 Å². The summed E-state index contributed by atoms with van der Waals surface area (Å²) in [7, 11) is 0.123. The zero-order chi connectivity index (χ0) is 15.2. The number of halogens is 3. The summed E-state index contributed by atoms with van der Waals surface area (Å²) in [5, 5.41) is 0. The maximum Gasteiger partial charge on any atom is 0.191 e. The molecule has 20 heavy (non-hydrogen) atoms. The van der Waals surface area contributed by atoms with Gasteiger partial charge >= 0.3 is 0 Å². The maximum absolute atomic E-state index is 13.5. The summed E-state index contributed by atoms with van der Waals surface area (Å²) < 4.78 is 45.4. The molecule has 0 radical (unpaired) electrons. The minimum atomic E-state index is -1.64. The molecule has 0 heterocycles. The molecule has 5 heteroatoms. The zero-order valence-corrected chi connectivity index (χ0v) is 13.4. The van der Waals surface area contributed by atoms with E-state index in [0.717, 1.165) is 36.7 Å². The van der Waals surface area contributed by atoms with Gasteiger partial charge in [0.25, 0.3) is 0 Å². The fourth-order valence-corrected chi connectivity index (χ4v) is 5.44. The maximum atomic E-state index is 13.5. The fraction of sp³-hybridized carbons (Fsp3) is 0.600. The van der Waals surface area contributed by atoms with Crippen LogP contribution >= 0.6 is 0 Å². The Morgan fingerprint density at radius 3 is 2.00 bits per heavy atom. The van der Waals surface area contributed by atoms with Gasteiger partial charge in [0.2, 0.25) is 0 Å². The topological polar surface area (TPSA) is 9.23 Å². The molecule has 0 amide bonds. The van der Waals surface area contributed by atoms with Gasteiger partial charge in [-0.2, -0.15) is 0 Å². The van der Waals surface area contributed by atoms with Gasteiger partial charge in [0.05, 0.1) is 0 Å². The summed E-state index contributed by atoms with van der Waals surface area (Å²) in [4.78, 5) is 0. The number of benzene rings is 1. The summed E-state index contributed by atoms with van der Waals surface area (Å²) in [5.74, 6) is -2.45. The van der Waals surface area contributed by atoms with Crippen LogP contribution in [0.4, 0.5) is 13.2 Å². The molecule has 0 unspecified atom stereocenters. The molecule has 0 atom stereocenters. The molecule has 0 aliphatic rings. The van der Waals surface area contributed by atoms with Gasteiger partial charge in [-0.25, -0.2) is 13.2 Å². The molecule has 0 saturated heterocycles. The van der Waals surface area contributed by atoms with E-state index < -0.39 is 25.8 Å². The molecule has 0 bridgehead atoms. The van der Waals surface area contributed by atoms with Crippen molar-refractivity contribution in [1.29, 1.82) is 0 Å². The van der Waals surface area contributed by atoms with Crippen LogP contribution in [-0.2, 0) is 10.8 Å². The van der Waals surface area contributed by atoms with Crippen molar-refractivity contribution in [2.75, 3.05) is 7.11 Å². The third kappa shape index (κ3) is 4.35. The standard InChI is InChI=1S/C15H23F3OSi/c1-4-20(5-2,19-3)9-7-6-8-13-14(17)10-12(16)11-15(13)18/h10-11H,4-9H2,1-3H3. The molecule has 1 rings (SSSR count). The van der Waals surface area contributed by atoms with Gasteiger partial charge in [0.1, 0.15) is 17.5 Å². The summed E-state index contributed by atoms with van der Waals surface area (Å²) in [6.07, 6.45) is 1.88. The lowest BCUT2D eigenvalue weighted by Crippen LogP contribution is -2.35. The Hall–Kier alpha value is -0.813. The van der Waals surface area contributed by atoms with Crippen LogP contribution in [0.5, 0.6) is 0 Å². The Labute approximate surface area is 120 Å². The second kappa shape index (κ2) is 7.83. The second-order valence-electron chi connectivity index (χ2n) is 5.15. The largest absolute Gasteiger partial charge is 0.420 e. The number of unbranched alkanes of at least 4 members (excludes halogenated alkanes) is 1. The normalized spacial score (nSPS) is 11.9. The molecule has 1 aromatic rings. The average molecular weight is 304 g/mol. The van der Waals surface area contributed by atoms with Crippen LogP contribution in [-0.4, -0.2) is 15.4 Å². The van der Waals surface area contributed by atoms with Gasteiger partial charge in [0.15, 0.2) is 8.32 Å². The fourth-order valence-electron chi connectivity index (χ4n) is 2.55. The van der Waals surface area contributed by atoms with Crippen molar-refractivity contribution in [2.24, 2.45) is 0 Å². The van der Waals surface area contributed by atoms with Crippen LogP contribution in [0, 0.1) is 17.5 Å². The van der Waals surface area contributed by atoms with E-state index in [4.69, 9.17) is 4.43 Å². The smallest absolute Gasteiger partial charge is 0.191 e. The highest BCUT2D eigenvalue weighted by Crippen LogP contribution is 2.25. The van der Waals surface area contributed by atoms with E-state index in [1.807, 2.05) is 0 Å². The van der Waals surface area contributed by atoms with Crippen molar-refractivity contribution in [3.63, 3.8) is 0 Å². The minimum Gasteiger partial charge on any atom is -0.420 e. The molecule has 0 spiro atoms. The van der Waals surface area contributed by atoms with Crippen molar-refractivity contribution >= 4 is 8.32 Å². The second-order valence-corrected chi connectivity index (χ2v) is 9.84. The van der Waals surface area contributed by atoms with Crippen LogP contribution < -0.4 is 0 Å². The number of hydrogen-bond acceptors (Lipinski definition) is 1. The molecule has 0 saturated carbocycles. The first kappa shape index (κ1) is 17.2. The SMILES string of the molecule is CC[Si](CC)(CCCCc1c(F)cc(F)cc1F)OC. The van der Waals surface area contributed by atoms with E-state index in [0.29, 0.717) is 12.8 Å². The molecule has 0 N–H and O–H groups in total. The molecule has 1 aromatic carbocycles. The van der Waals surface area contributed by atoms with Gasteiger partial charge in [0, 0.05) is 24.8 Å². The third-order valence-electron chi connectivity index (χ3n) is 4.14. The quantitative estimate of drug-likeness (QED) is 0.482. The molecule has 0 aliphatic heterocycles. The van der Waals surface area contributed by atoms with Gasteiger partial charge < -0.3 is 4.43 Å². The minimum absolute atomic E-state index is 0.0101. The van der Waals surface area contributed by atoms with Crippen molar-refractivity contribution < 1.29 is 17.6 Å². The predicted octanol–water partition coefficient (Wildman–Crippen LogP) is 5.06. The van der Waals surface area contributed by atoms with E-state index in [2.05, 4.69) is 13.8 Å². The lowest BCUT2D eigenvalue weighted by atomic mass is 10.1. The van der Waals surface area contributed by atoms with Crippen LogP contribution in [0.25, 0.3) is 0 Å². The van der Waals surface area contributed by atoms with Crippen molar-refractivity contribution in [2.45, 2.75) is 51.2 Å². The predicted molar refractivity (Wildman–Crippen MR) is 77.8 cm³/mol. The van der Waals surface area contributed by atoms with Gasteiger partial charge in [-0.3, -0.25) is 0 Å². The highest BCUT2D eigenvalue weighted by molar-refractivity contribution is 6.73. The first-order chi connectivity index (χ1) is 9.48. The Bertz CT molecular complexity index is 402. The highest BCUT2D eigenvalue weighted by atomic mass is 28.4. The average Bonchev–Trinajstić information content (AvgIpc) is 2.42. The van der Waals surface area contributed by atoms with Crippen molar-refractivity contribution in [1.82, 2.24) is 0 Å². The van der Waals surface area contributed by atoms with Crippen molar-refractivity contribution in [3.8, 4) is 0 Å². The van der Waals surface area contributed by atoms with Crippen LogP contribution in [0.3, 0.4) is 0 Å².